The SMILES string of the molecule is Cc1ccc(OC(C)C(=O)Nc2cc(Cl)ccc2O)c(C)c1. The lowest BCUT2D eigenvalue weighted by Gasteiger charge is -2.17. The van der Waals surface area contributed by atoms with E-state index in [4.69, 9.17) is 16.3 Å². The molecule has 22 heavy (non-hydrogen) atoms. The van der Waals surface area contributed by atoms with Crippen molar-refractivity contribution in [2.45, 2.75) is 26.9 Å². The molecule has 0 aromatic heterocycles. The van der Waals surface area contributed by atoms with Crippen LogP contribution in [-0.4, -0.2) is 17.1 Å². The summed E-state index contributed by atoms with van der Waals surface area (Å²) in [5.41, 5.74) is 2.35. The largest absolute Gasteiger partial charge is 0.506 e. The second-order valence-electron chi connectivity index (χ2n) is 5.18. The van der Waals surface area contributed by atoms with E-state index in [9.17, 15) is 9.90 Å². The molecular weight excluding hydrogens is 302 g/mol. The topological polar surface area (TPSA) is 58.6 Å². The van der Waals surface area contributed by atoms with Gasteiger partial charge in [-0.05, 0) is 50.6 Å². The summed E-state index contributed by atoms with van der Waals surface area (Å²) in [5.74, 6) is 0.248. The Balaban J connectivity index is 2.07. The lowest BCUT2D eigenvalue weighted by Crippen LogP contribution is -2.30. The van der Waals surface area contributed by atoms with E-state index in [-0.39, 0.29) is 17.3 Å². The monoisotopic (exact) mass is 319 g/mol. The molecule has 1 amide bonds. The van der Waals surface area contributed by atoms with Crippen LogP contribution >= 0.6 is 11.6 Å². The second-order valence-corrected chi connectivity index (χ2v) is 5.62. The summed E-state index contributed by atoms with van der Waals surface area (Å²) in [6.07, 6.45) is -0.709. The Morgan fingerprint density at radius 1 is 1.23 bits per heavy atom. The average Bonchev–Trinajstić information content (AvgIpc) is 2.45. The molecule has 0 radical (unpaired) electrons. The van der Waals surface area contributed by atoms with E-state index in [1.54, 1.807) is 13.0 Å². The van der Waals surface area contributed by atoms with Gasteiger partial charge in [0.1, 0.15) is 11.5 Å². The predicted molar refractivity (Wildman–Crippen MR) is 87.8 cm³/mol. The van der Waals surface area contributed by atoms with Gasteiger partial charge >= 0.3 is 0 Å². The third-order valence-corrected chi connectivity index (χ3v) is 3.45. The molecule has 116 valence electrons. The molecule has 5 heteroatoms. The van der Waals surface area contributed by atoms with E-state index < -0.39 is 6.10 Å². The van der Waals surface area contributed by atoms with Crippen LogP contribution in [0.4, 0.5) is 5.69 Å². The highest BCUT2D eigenvalue weighted by Gasteiger charge is 2.17. The number of amides is 1. The number of carbonyl (C=O) groups is 1. The van der Waals surface area contributed by atoms with Gasteiger partial charge in [-0.1, -0.05) is 29.3 Å². The zero-order valence-corrected chi connectivity index (χ0v) is 13.4. The molecule has 4 nitrogen and oxygen atoms in total. The van der Waals surface area contributed by atoms with Gasteiger partial charge in [0.05, 0.1) is 5.69 Å². The first-order chi connectivity index (χ1) is 10.4. The number of phenolic OH excluding ortho intramolecular Hbond substituents is 1. The van der Waals surface area contributed by atoms with Crippen LogP contribution in [0.15, 0.2) is 36.4 Å². The van der Waals surface area contributed by atoms with E-state index in [0.717, 1.165) is 11.1 Å². The smallest absolute Gasteiger partial charge is 0.265 e. The summed E-state index contributed by atoms with van der Waals surface area (Å²) >= 11 is 5.85. The molecule has 1 atom stereocenters. The number of nitrogens with one attached hydrogen (secondary N) is 1. The normalized spacial score (nSPS) is 11.8. The maximum Gasteiger partial charge on any atom is 0.265 e. The van der Waals surface area contributed by atoms with Crippen LogP contribution in [0.2, 0.25) is 5.02 Å². The second kappa shape index (κ2) is 6.71. The molecule has 0 saturated carbocycles. The average molecular weight is 320 g/mol. The van der Waals surface area contributed by atoms with Crippen LogP contribution < -0.4 is 10.1 Å². The summed E-state index contributed by atoms with van der Waals surface area (Å²) in [6, 6.07) is 10.2. The van der Waals surface area contributed by atoms with Crippen LogP contribution in [0.5, 0.6) is 11.5 Å². The molecule has 0 aliphatic rings. The summed E-state index contributed by atoms with van der Waals surface area (Å²) < 4.78 is 5.68. The number of halogens is 1. The first kappa shape index (κ1) is 16.2. The van der Waals surface area contributed by atoms with Crippen LogP contribution in [0, 0.1) is 13.8 Å². The molecule has 0 saturated heterocycles. The van der Waals surface area contributed by atoms with E-state index in [1.807, 2.05) is 32.0 Å². The summed E-state index contributed by atoms with van der Waals surface area (Å²) in [4.78, 5) is 12.2. The Labute approximate surface area is 134 Å². The Kier molecular flexibility index (Phi) is 4.93. The zero-order chi connectivity index (χ0) is 16.3. The van der Waals surface area contributed by atoms with Gasteiger partial charge in [-0.15, -0.1) is 0 Å². The Bertz CT molecular complexity index is 700. The highest BCUT2D eigenvalue weighted by molar-refractivity contribution is 6.31. The highest BCUT2D eigenvalue weighted by Crippen LogP contribution is 2.27. The third kappa shape index (κ3) is 3.92. The van der Waals surface area contributed by atoms with Crippen LogP contribution in [0.25, 0.3) is 0 Å². The quantitative estimate of drug-likeness (QED) is 0.835. The number of carbonyl (C=O) groups excluding carboxylic acids is 1. The molecule has 0 heterocycles. The number of rotatable bonds is 4. The van der Waals surface area contributed by atoms with Crippen LogP contribution in [0.3, 0.4) is 0 Å². The van der Waals surface area contributed by atoms with E-state index in [0.29, 0.717) is 10.8 Å². The number of aryl methyl sites for hydroxylation is 2. The molecule has 1 unspecified atom stereocenters. The minimum atomic E-state index is -0.709. The van der Waals surface area contributed by atoms with Crippen molar-refractivity contribution in [3.8, 4) is 11.5 Å². The standard InChI is InChI=1S/C17H18ClNO3/c1-10-4-7-16(11(2)8-10)22-12(3)17(21)19-14-9-13(18)5-6-15(14)20/h4-9,12,20H,1-3H3,(H,19,21). The van der Waals surface area contributed by atoms with Crippen molar-refractivity contribution in [3.63, 3.8) is 0 Å². The molecule has 0 fully saturated rings. The van der Waals surface area contributed by atoms with Crippen molar-refractivity contribution in [1.29, 1.82) is 0 Å². The predicted octanol–water partition coefficient (Wildman–Crippen LogP) is 4.07. The molecule has 0 aliphatic carbocycles. The van der Waals surface area contributed by atoms with Crippen molar-refractivity contribution in [3.05, 3.63) is 52.5 Å². The summed E-state index contributed by atoms with van der Waals surface area (Å²) in [7, 11) is 0. The fourth-order valence-corrected chi connectivity index (χ4v) is 2.19. The first-order valence-electron chi connectivity index (χ1n) is 6.90. The van der Waals surface area contributed by atoms with E-state index >= 15 is 0 Å². The third-order valence-electron chi connectivity index (χ3n) is 3.22. The maximum atomic E-state index is 12.2. The number of anilines is 1. The molecule has 2 aromatic carbocycles. The Morgan fingerprint density at radius 2 is 1.95 bits per heavy atom. The number of benzene rings is 2. The molecule has 2 N–H and O–H groups in total. The number of hydrogen-bond acceptors (Lipinski definition) is 3. The van der Waals surface area contributed by atoms with Crippen molar-refractivity contribution in [1.82, 2.24) is 0 Å². The van der Waals surface area contributed by atoms with Crippen molar-refractivity contribution in [2.75, 3.05) is 5.32 Å². The van der Waals surface area contributed by atoms with E-state index in [1.165, 1.54) is 12.1 Å². The van der Waals surface area contributed by atoms with Crippen LogP contribution in [-0.2, 0) is 4.79 Å². The van der Waals surface area contributed by atoms with Crippen molar-refractivity contribution in [2.24, 2.45) is 0 Å². The van der Waals surface area contributed by atoms with Gasteiger partial charge in [-0.25, -0.2) is 0 Å². The van der Waals surface area contributed by atoms with Gasteiger partial charge in [0.15, 0.2) is 6.10 Å². The van der Waals surface area contributed by atoms with Gasteiger partial charge in [0.2, 0.25) is 0 Å². The van der Waals surface area contributed by atoms with Crippen LogP contribution in [0.1, 0.15) is 18.1 Å². The minimum absolute atomic E-state index is 0.0449. The molecule has 2 aromatic rings. The van der Waals surface area contributed by atoms with Gasteiger partial charge in [0, 0.05) is 5.02 Å². The molecule has 0 aliphatic heterocycles. The number of aromatic hydroxyl groups is 1. The van der Waals surface area contributed by atoms with Gasteiger partial charge in [-0.2, -0.15) is 0 Å². The number of phenols is 1. The highest BCUT2D eigenvalue weighted by atomic mass is 35.5. The number of ether oxygens (including phenoxy) is 1. The van der Waals surface area contributed by atoms with Gasteiger partial charge in [0.25, 0.3) is 5.91 Å². The molecule has 0 spiro atoms. The molecule has 2 rings (SSSR count). The zero-order valence-electron chi connectivity index (χ0n) is 12.7. The number of hydrogen-bond donors (Lipinski definition) is 2. The minimum Gasteiger partial charge on any atom is -0.506 e. The first-order valence-corrected chi connectivity index (χ1v) is 7.28. The Morgan fingerprint density at radius 3 is 2.64 bits per heavy atom. The Hall–Kier alpha value is -2.20. The fourth-order valence-electron chi connectivity index (χ4n) is 2.02. The lowest BCUT2D eigenvalue weighted by molar-refractivity contribution is -0.122. The molecular formula is C17H18ClNO3. The fraction of sp³-hybridized carbons (Fsp3) is 0.235. The van der Waals surface area contributed by atoms with Gasteiger partial charge in [-0.3, -0.25) is 4.79 Å². The van der Waals surface area contributed by atoms with E-state index in [2.05, 4.69) is 5.32 Å². The summed E-state index contributed by atoms with van der Waals surface area (Å²) in [5, 5.41) is 12.7. The van der Waals surface area contributed by atoms with Crippen molar-refractivity contribution >= 4 is 23.2 Å². The lowest BCUT2D eigenvalue weighted by atomic mass is 10.1. The maximum absolute atomic E-state index is 12.2. The van der Waals surface area contributed by atoms with Gasteiger partial charge < -0.3 is 15.2 Å². The van der Waals surface area contributed by atoms with Crippen molar-refractivity contribution < 1.29 is 14.6 Å². The summed E-state index contributed by atoms with van der Waals surface area (Å²) in [6.45, 7) is 5.57. The molecule has 0 bridgehead atoms.